The van der Waals surface area contributed by atoms with Crippen LogP contribution in [0.2, 0.25) is 0 Å². The van der Waals surface area contributed by atoms with Crippen LogP contribution in [0, 0.1) is 0 Å². The zero-order valence-corrected chi connectivity index (χ0v) is 15.1. The molecule has 2 rings (SSSR count). The number of pyridine rings is 1. The van der Waals surface area contributed by atoms with Gasteiger partial charge in [0, 0.05) is 32.9 Å². The molecule has 0 saturated carbocycles. The Morgan fingerprint density at radius 1 is 1.27 bits per heavy atom. The number of aliphatic imine (C=N–C) groups is 1. The van der Waals surface area contributed by atoms with Crippen LogP contribution in [-0.4, -0.2) is 39.9 Å². The van der Waals surface area contributed by atoms with Crippen molar-refractivity contribution in [3.05, 3.63) is 36.0 Å². The third-order valence-corrected chi connectivity index (χ3v) is 2.91. The first-order chi connectivity index (χ1) is 10.2. The van der Waals surface area contributed by atoms with Gasteiger partial charge in [-0.05, 0) is 5.56 Å². The lowest BCUT2D eigenvalue weighted by atomic mass is 10.3. The summed E-state index contributed by atoms with van der Waals surface area (Å²) in [5, 5.41) is 10.4. The average Bonchev–Trinajstić information content (AvgIpc) is 2.93. The lowest BCUT2D eigenvalue weighted by Gasteiger charge is -2.11. The fourth-order valence-electron chi connectivity index (χ4n) is 1.69. The number of hydrogen-bond donors (Lipinski definition) is 2. The van der Waals surface area contributed by atoms with Gasteiger partial charge in [0.2, 0.25) is 5.88 Å². The number of halogens is 1. The molecule has 0 saturated heterocycles. The number of rotatable bonds is 5. The van der Waals surface area contributed by atoms with Gasteiger partial charge in [0.25, 0.3) is 0 Å². The molecule has 0 fully saturated rings. The van der Waals surface area contributed by atoms with Crippen LogP contribution in [0.25, 0.3) is 0 Å². The lowest BCUT2D eigenvalue weighted by molar-refractivity contribution is 0.397. The molecule has 2 aromatic heterocycles. The predicted molar refractivity (Wildman–Crippen MR) is 94.2 cm³/mol. The molecule has 0 aromatic carbocycles. The number of aromatic nitrogens is 4. The molecule has 0 atom stereocenters. The van der Waals surface area contributed by atoms with E-state index in [1.165, 1.54) is 6.33 Å². The van der Waals surface area contributed by atoms with E-state index in [0.29, 0.717) is 24.9 Å². The summed E-state index contributed by atoms with van der Waals surface area (Å²) in [6.07, 6.45) is 3.29. The number of methoxy groups -OCH3 is 1. The van der Waals surface area contributed by atoms with Crippen LogP contribution >= 0.6 is 24.0 Å². The van der Waals surface area contributed by atoms with Crippen LogP contribution in [0.5, 0.6) is 5.88 Å². The summed E-state index contributed by atoms with van der Waals surface area (Å²) in [6, 6.07) is 3.78. The van der Waals surface area contributed by atoms with Gasteiger partial charge < -0.3 is 15.4 Å². The van der Waals surface area contributed by atoms with Gasteiger partial charge in [-0.15, -0.1) is 24.0 Å². The normalized spacial score (nSPS) is 10.8. The number of aryl methyl sites for hydroxylation is 1. The molecule has 0 bridgehead atoms. The lowest BCUT2D eigenvalue weighted by Crippen LogP contribution is -2.36. The van der Waals surface area contributed by atoms with E-state index in [1.54, 1.807) is 25.0 Å². The maximum atomic E-state index is 5.02. The van der Waals surface area contributed by atoms with Gasteiger partial charge in [0.15, 0.2) is 5.96 Å². The van der Waals surface area contributed by atoms with Crippen molar-refractivity contribution in [1.82, 2.24) is 30.4 Å². The predicted octanol–water partition coefficient (Wildman–Crippen LogP) is 0.702. The van der Waals surface area contributed by atoms with Gasteiger partial charge in [-0.3, -0.25) is 9.67 Å². The minimum absolute atomic E-state index is 0. The zero-order valence-electron chi connectivity index (χ0n) is 12.8. The van der Waals surface area contributed by atoms with Gasteiger partial charge in [0.05, 0.1) is 13.7 Å². The minimum Gasteiger partial charge on any atom is -0.481 e. The minimum atomic E-state index is 0. The van der Waals surface area contributed by atoms with E-state index >= 15 is 0 Å². The van der Waals surface area contributed by atoms with Crippen molar-refractivity contribution in [3.8, 4) is 5.88 Å². The summed E-state index contributed by atoms with van der Waals surface area (Å²) in [5.74, 6) is 2.13. The second kappa shape index (κ2) is 9.18. The average molecular weight is 417 g/mol. The fraction of sp³-hybridized carbons (Fsp3) is 0.385. The Morgan fingerprint density at radius 3 is 2.59 bits per heavy atom. The number of hydrogen-bond acceptors (Lipinski definition) is 5. The van der Waals surface area contributed by atoms with Gasteiger partial charge >= 0.3 is 0 Å². The molecule has 8 nitrogen and oxygen atoms in total. The maximum absolute atomic E-state index is 5.02. The Hall–Kier alpha value is -1.91. The Morgan fingerprint density at radius 2 is 2.05 bits per heavy atom. The first kappa shape index (κ1) is 18.1. The van der Waals surface area contributed by atoms with Crippen LogP contribution in [0.4, 0.5) is 0 Å². The molecular formula is C13H20IN7O. The summed E-state index contributed by atoms with van der Waals surface area (Å²) < 4.78 is 6.74. The monoisotopic (exact) mass is 417 g/mol. The van der Waals surface area contributed by atoms with E-state index in [2.05, 4.69) is 30.7 Å². The summed E-state index contributed by atoms with van der Waals surface area (Å²) in [4.78, 5) is 12.5. The molecule has 0 spiro atoms. The second-order valence-electron chi connectivity index (χ2n) is 4.29. The van der Waals surface area contributed by atoms with Crippen molar-refractivity contribution < 1.29 is 4.74 Å². The number of ether oxygens (including phenoxy) is 1. The van der Waals surface area contributed by atoms with E-state index in [0.717, 1.165) is 11.4 Å². The van der Waals surface area contributed by atoms with Crippen LogP contribution < -0.4 is 15.4 Å². The molecule has 9 heteroatoms. The van der Waals surface area contributed by atoms with Gasteiger partial charge in [-0.2, -0.15) is 5.10 Å². The first-order valence-corrected chi connectivity index (χ1v) is 6.49. The molecule has 2 N–H and O–H groups in total. The molecular weight excluding hydrogens is 397 g/mol. The molecule has 2 aromatic rings. The summed E-state index contributed by atoms with van der Waals surface area (Å²) in [7, 11) is 5.17. The van der Waals surface area contributed by atoms with E-state index < -0.39 is 0 Å². The summed E-state index contributed by atoms with van der Waals surface area (Å²) >= 11 is 0. The molecule has 0 aliphatic rings. The number of nitrogens with one attached hydrogen (secondary N) is 2. The largest absolute Gasteiger partial charge is 0.481 e. The van der Waals surface area contributed by atoms with Crippen molar-refractivity contribution in [2.24, 2.45) is 12.0 Å². The van der Waals surface area contributed by atoms with Crippen molar-refractivity contribution in [1.29, 1.82) is 0 Å². The fourth-order valence-corrected chi connectivity index (χ4v) is 1.69. The van der Waals surface area contributed by atoms with Crippen LogP contribution in [0.15, 0.2) is 29.6 Å². The summed E-state index contributed by atoms with van der Waals surface area (Å²) in [6.45, 7) is 1.17. The summed E-state index contributed by atoms with van der Waals surface area (Å²) in [5.41, 5.74) is 1.04. The van der Waals surface area contributed by atoms with E-state index in [9.17, 15) is 0 Å². The Labute approximate surface area is 146 Å². The number of nitrogens with zero attached hydrogens (tertiary/aromatic N) is 5. The quantitative estimate of drug-likeness (QED) is 0.423. The molecule has 2 heterocycles. The Bertz CT molecular complexity index is 597. The smallest absolute Gasteiger partial charge is 0.212 e. The standard InChI is InChI=1S/C13H19N7O.HI/c1-14-13(17-8-11-18-9-19-20(11)2)16-7-10-4-5-12(21-3)15-6-10;/h4-6,9H,7-8H2,1-3H3,(H2,14,16,17);1H. The SMILES string of the molecule is CN=C(NCc1ccc(OC)nc1)NCc1ncnn1C.I. The van der Waals surface area contributed by atoms with Crippen LogP contribution in [-0.2, 0) is 20.1 Å². The molecule has 0 radical (unpaired) electrons. The molecule has 120 valence electrons. The van der Waals surface area contributed by atoms with Crippen LogP contribution in [0.1, 0.15) is 11.4 Å². The van der Waals surface area contributed by atoms with Crippen molar-refractivity contribution in [2.75, 3.05) is 14.2 Å². The highest BCUT2D eigenvalue weighted by atomic mass is 127. The topological polar surface area (TPSA) is 89.2 Å². The maximum Gasteiger partial charge on any atom is 0.212 e. The molecule has 22 heavy (non-hydrogen) atoms. The van der Waals surface area contributed by atoms with E-state index in [4.69, 9.17) is 4.74 Å². The van der Waals surface area contributed by atoms with Crippen molar-refractivity contribution in [3.63, 3.8) is 0 Å². The Kier molecular flexibility index (Phi) is 7.57. The third kappa shape index (κ3) is 5.13. The molecule has 0 aliphatic heterocycles. The molecule has 0 amide bonds. The number of guanidine groups is 1. The molecule has 0 aliphatic carbocycles. The highest BCUT2D eigenvalue weighted by molar-refractivity contribution is 14.0. The van der Waals surface area contributed by atoms with Gasteiger partial charge in [-0.25, -0.2) is 9.97 Å². The van der Waals surface area contributed by atoms with Gasteiger partial charge in [-0.1, -0.05) is 6.07 Å². The van der Waals surface area contributed by atoms with Gasteiger partial charge in [0.1, 0.15) is 12.2 Å². The van der Waals surface area contributed by atoms with Crippen LogP contribution in [0.3, 0.4) is 0 Å². The third-order valence-electron chi connectivity index (χ3n) is 2.91. The highest BCUT2D eigenvalue weighted by Crippen LogP contribution is 2.06. The Balaban J connectivity index is 0.00000242. The first-order valence-electron chi connectivity index (χ1n) is 6.49. The van der Waals surface area contributed by atoms with Crippen molar-refractivity contribution in [2.45, 2.75) is 13.1 Å². The second-order valence-corrected chi connectivity index (χ2v) is 4.29. The van der Waals surface area contributed by atoms with E-state index in [-0.39, 0.29) is 24.0 Å². The highest BCUT2D eigenvalue weighted by Gasteiger charge is 2.03. The zero-order chi connectivity index (χ0) is 15.1. The van der Waals surface area contributed by atoms with Crippen molar-refractivity contribution >= 4 is 29.9 Å². The molecule has 0 unspecified atom stereocenters. The van der Waals surface area contributed by atoms with E-state index in [1.807, 2.05) is 19.2 Å².